The summed E-state index contributed by atoms with van der Waals surface area (Å²) >= 11 is 11.7. The first-order chi connectivity index (χ1) is 9.88. The van der Waals surface area contributed by atoms with E-state index in [9.17, 15) is 14.9 Å². The number of hydrogen-bond acceptors (Lipinski definition) is 3. The Kier molecular flexibility index (Phi) is 4.45. The Hall–Kier alpha value is -2.11. The molecule has 0 bridgehead atoms. The molecule has 1 amide bonds. The third-order valence-electron chi connectivity index (χ3n) is 2.85. The van der Waals surface area contributed by atoms with Crippen molar-refractivity contribution in [2.24, 2.45) is 0 Å². The van der Waals surface area contributed by atoms with Crippen molar-refractivity contribution in [2.75, 3.05) is 5.32 Å². The van der Waals surface area contributed by atoms with E-state index in [1.807, 2.05) is 0 Å². The molecule has 0 saturated heterocycles. The molecular weight excluding hydrogens is 315 g/mol. The minimum atomic E-state index is -0.629. The van der Waals surface area contributed by atoms with E-state index >= 15 is 0 Å². The number of rotatable bonds is 3. The molecule has 2 rings (SSSR count). The van der Waals surface area contributed by atoms with Gasteiger partial charge in [0.2, 0.25) is 0 Å². The van der Waals surface area contributed by atoms with Gasteiger partial charge in [0.25, 0.3) is 11.6 Å². The highest BCUT2D eigenvalue weighted by molar-refractivity contribution is 6.31. The fraction of sp³-hybridized carbons (Fsp3) is 0.0714. The van der Waals surface area contributed by atoms with Gasteiger partial charge < -0.3 is 5.32 Å². The smallest absolute Gasteiger partial charge is 0.282 e. The largest absolute Gasteiger partial charge is 0.321 e. The number of benzene rings is 2. The molecule has 0 aliphatic carbocycles. The summed E-state index contributed by atoms with van der Waals surface area (Å²) in [5.41, 5.74) is 0.864. The van der Waals surface area contributed by atoms with Crippen molar-refractivity contribution < 1.29 is 9.72 Å². The van der Waals surface area contributed by atoms with Crippen molar-refractivity contribution in [2.45, 2.75) is 6.92 Å². The van der Waals surface area contributed by atoms with E-state index in [0.717, 1.165) is 5.56 Å². The quantitative estimate of drug-likeness (QED) is 0.669. The predicted octanol–water partition coefficient (Wildman–Crippen LogP) is 4.46. The van der Waals surface area contributed by atoms with Crippen LogP contribution in [0.1, 0.15) is 15.9 Å². The second-order valence-corrected chi connectivity index (χ2v) is 5.20. The Morgan fingerprint density at radius 2 is 1.76 bits per heavy atom. The molecule has 7 heteroatoms. The SMILES string of the molecule is Cc1ccc(Cl)cc1NC(=O)c1cc(Cl)ccc1[N+](=O)[O-]. The summed E-state index contributed by atoms with van der Waals surface area (Å²) in [6.07, 6.45) is 0. The second-order valence-electron chi connectivity index (χ2n) is 4.33. The minimum Gasteiger partial charge on any atom is -0.321 e. The average molecular weight is 325 g/mol. The minimum absolute atomic E-state index is 0.105. The van der Waals surface area contributed by atoms with E-state index in [2.05, 4.69) is 5.32 Å². The summed E-state index contributed by atoms with van der Waals surface area (Å²) in [5, 5.41) is 14.3. The lowest BCUT2D eigenvalue weighted by atomic mass is 10.1. The van der Waals surface area contributed by atoms with Gasteiger partial charge in [0.1, 0.15) is 5.56 Å². The van der Waals surface area contributed by atoms with Gasteiger partial charge in [0.05, 0.1) is 4.92 Å². The van der Waals surface area contributed by atoms with Crippen molar-refractivity contribution in [3.05, 3.63) is 67.7 Å². The summed E-state index contributed by atoms with van der Waals surface area (Å²) in [6, 6.07) is 8.82. The number of hydrogen-bond donors (Lipinski definition) is 1. The first kappa shape index (κ1) is 15.3. The van der Waals surface area contributed by atoms with Gasteiger partial charge >= 0.3 is 0 Å². The maximum Gasteiger partial charge on any atom is 0.282 e. The van der Waals surface area contributed by atoms with Gasteiger partial charge in [-0.3, -0.25) is 14.9 Å². The number of nitrogens with one attached hydrogen (secondary N) is 1. The lowest BCUT2D eigenvalue weighted by Crippen LogP contribution is -2.14. The number of carbonyl (C=O) groups excluding carboxylic acids is 1. The van der Waals surface area contributed by atoms with E-state index in [-0.39, 0.29) is 16.3 Å². The van der Waals surface area contributed by atoms with Crippen molar-refractivity contribution in [1.29, 1.82) is 0 Å². The normalized spacial score (nSPS) is 10.2. The maximum atomic E-state index is 12.2. The van der Waals surface area contributed by atoms with Crippen LogP contribution in [0, 0.1) is 17.0 Å². The van der Waals surface area contributed by atoms with Crippen molar-refractivity contribution >= 4 is 40.5 Å². The fourth-order valence-electron chi connectivity index (χ4n) is 1.77. The zero-order chi connectivity index (χ0) is 15.6. The molecule has 0 aliphatic heterocycles. The number of anilines is 1. The van der Waals surface area contributed by atoms with Crippen LogP contribution in [-0.4, -0.2) is 10.8 Å². The average Bonchev–Trinajstić information content (AvgIpc) is 2.42. The molecule has 0 radical (unpaired) electrons. The van der Waals surface area contributed by atoms with Gasteiger partial charge in [-0.2, -0.15) is 0 Å². The first-order valence-corrected chi connectivity index (χ1v) is 6.65. The lowest BCUT2D eigenvalue weighted by molar-refractivity contribution is -0.385. The van der Waals surface area contributed by atoms with Crippen molar-refractivity contribution in [3.63, 3.8) is 0 Å². The van der Waals surface area contributed by atoms with Crippen LogP contribution in [0.3, 0.4) is 0 Å². The monoisotopic (exact) mass is 324 g/mol. The highest BCUT2D eigenvalue weighted by Crippen LogP contribution is 2.25. The number of nitrogens with zero attached hydrogens (tertiary/aromatic N) is 1. The molecule has 0 fully saturated rings. The highest BCUT2D eigenvalue weighted by Gasteiger charge is 2.21. The molecule has 0 atom stereocenters. The van der Waals surface area contributed by atoms with E-state index in [1.54, 1.807) is 25.1 Å². The summed E-state index contributed by atoms with van der Waals surface area (Å²) in [6.45, 7) is 1.79. The Balaban J connectivity index is 2.39. The predicted molar refractivity (Wildman–Crippen MR) is 82.2 cm³/mol. The Morgan fingerprint density at radius 1 is 1.14 bits per heavy atom. The van der Waals surface area contributed by atoms with Gasteiger partial charge in [-0.05, 0) is 36.8 Å². The van der Waals surface area contributed by atoms with Crippen LogP contribution >= 0.6 is 23.2 Å². The van der Waals surface area contributed by atoms with Gasteiger partial charge in [0.15, 0.2) is 0 Å². The van der Waals surface area contributed by atoms with Gasteiger partial charge in [-0.15, -0.1) is 0 Å². The van der Waals surface area contributed by atoms with Crippen LogP contribution in [0.5, 0.6) is 0 Å². The Labute approximate surface area is 130 Å². The van der Waals surface area contributed by atoms with Gasteiger partial charge in [0, 0.05) is 21.8 Å². The third-order valence-corrected chi connectivity index (χ3v) is 3.32. The summed E-state index contributed by atoms with van der Waals surface area (Å²) in [5.74, 6) is -0.616. The molecule has 2 aromatic rings. The molecule has 0 unspecified atom stereocenters. The van der Waals surface area contributed by atoms with Crippen molar-refractivity contribution in [3.8, 4) is 0 Å². The number of aryl methyl sites for hydroxylation is 1. The Morgan fingerprint density at radius 3 is 2.43 bits per heavy atom. The Bertz CT molecular complexity index is 732. The molecule has 5 nitrogen and oxygen atoms in total. The molecule has 0 aliphatic rings. The molecule has 1 N–H and O–H groups in total. The summed E-state index contributed by atoms with van der Waals surface area (Å²) < 4.78 is 0. The van der Waals surface area contributed by atoms with E-state index in [0.29, 0.717) is 10.7 Å². The topological polar surface area (TPSA) is 72.2 Å². The van der Waals surface area contributed by atoms with E-state index < -0.39 is 10.8 Å². The third kappa shape index (κ3) is 3.51. The number of amides is 1. The number of halogens is 2. The van der Waals surface area contributed by atoms with Crippen LogP contribution in [0.15, 0.2) is 36.4 Å². The van der Waals surface area contributed by atoms with Crippen molar-refractivity contribution in [1.82, 2.24) is 0 Å². The van der Waals surface area contributed by atoms with Crippen LogP contribution in [0.2, 0.25) is 10.0 Å². The fourth-order valence-corrected chi connectivity index (χ4v) is 2.11. The molecule has 108 valence electrons. The molecule has 2 aromatic carbocycles. The van der Waals surface area contributed by atoms with Gasteiger partial charge in [-0.25, -0.2) is 0 Å². The second kappa shape index (κ2) is 6.11. The number of nitro benzene ring substituents is 1. The maximum absolute atomic E-state index is 12.2. The molecule has 0 heterocycles. The summed E-state index contributed by atoms with van der Waals surface area (Å²) in [7, 11) is 0. The zero-order valence-corrected chi connectivity index (χ0v) is 12.4. The van der Waals surface area contributed by atoms with Crippen LogP contribution in [0.4, 0.5) is 11.4 Å². The standard InChI is InChI=1S/C14H10Cl2N2O3/c1-8-2-3-10(16)7-12(8)17-14(19)11-6-9(15)4-5-13(11)18(20)21/h2-7H,1H3,(H,17,19). The van der Waals surface area contributed by atoms with E-state index in [4.69, 9.17) is 23.2 Å². The van der Waals surface area contributed by atoms with E-state index in [1.165, 1.54) is 18.2 Å². The first-order valence-electron chi connectivity index (χ1n) is 5.90. The molecule has 0 saturated carbocycles. The molecule has 21 heavy (non-hydrogen) atoms. The van der Waals surface area contributed by atoms with Crippen LogP contribution < -0.4 is 5.32 Å². The summed E-state index contributed by atoms with van der Waals surface area (Å²) in [4.78, 5) is 22.6. The lowest BCUT2D eigenvalue weighted by Gasteiger charge is -2.09. The molecule has 0 spiro atoms. The zero-order valence-electron chi connectivity index (χ0n) is 10.9. The van der Waals surface area contributed by atoms with Crippen LogP contribution in [-0.2, 0) is 0 Å². The van der Waals surface area contributed by atoms with Crippen LogP contribution in [0.25, 0.3) is 0 Å². The van der Waals surface area contributed by atoms with Gasteiger partial charge in [-0.1, -0.05) is 29.3 Å². The molecule has 0 aromatic heterocycles. The number of carbonyl (C=O) groups is 1. The number of nitro groups is 1. The molecular formula is C14H10Cl2N2O3. The highest BCUT2D eigenvalue weighted by atomic mass is 35.5.